The van der Waals surface area contributed by atoms with E-state index in [0.29, 0.717) is 5.82 Å². The van der Waals surface area contributed by atoms with Gasteiger partial charge in [-0.15, -0.1) is 5.10 Å². The van der Waals surface area contributed by atoms with Gasteiger partial charge in [0.25, 0.3) is 0 Å². The molecule has 0 aliphatic heterocycles. The molecule has 0 saturated carbocycles. The van der Waals surface area contributed by atoms with Crippen LogP contribution in [0.4, 0.5) is 5.82 Å². The molecule has 3 heteroatoms. The number of nitrogen functional groups attached to an aromatic ring is 1. The van der Waals surface area contributed by atoms with E-state index in [1.807, 2.05) is 6.07 Å². The Kier molecular flexibility index (Phi) is 2.11. The zero-order valence-electron chi connectivity index (χ0n) is 9.28. The molecule has 0 unspecified atom stereocenters. The minimum atomic E-state index is 0.129. The third-order valence-electron chi connectivity index (χ3n) is 2.56. The van der Waals surface area contributed by atoms with Gasteiger partial charge in [0.15, 0.2) is 5.82 Å². The largest absolute Gasteiger partial charge is 0.382 e. The van der Waals surface area contributed by atoms with Gasteiger partial charge >= 0.3 is 0 Å². The van der Waals surface area contributed by atoms with E-state index in [9.17, 15) is 0 Å². The summed E-state index contributed by atoms with van der Waals surface area (Å²) in [5.74, 6) is 0.499. The van der Waals surface area contributed by atoms with Gasteiger partial charge in [0.2, 0.25) is 0 Å². The average molecular weight is 201 g/mol. The highest BCUT2D eigenvalue weighted by molar-refractivity contribution is 5.90. The molecule has 1 aromatic carbocycles. The number of hydrogen-bond donors (Lipinski definition) is 1. The number of fused-ring (bicyclic) bond motifs is 1. The Morgan fingerprint density at radius 2 is 1.93 bits per heavy atom. The molecule has 15 heavy (non-hydrogen) atoms. The van der Waals surface area contributed by atoms with Crippen molar-refractivity contribution in [2.24, 2.45) is 0 Å². The number of hydrogen-bond acceptors (Lipinski definition) is 3. The second-order valence-electron chi connectivity index (χ2n) is 4.78. The Hall–Kier alpha value is -1.64. The third kappa shape index (κ3) is 1.77. The number of rotatable bonds is 0. The van der Waals surface area contributed by atoms with Crippen LogP contribution in [0.3, 0.4) is 0 Å². The summed E-state index contributed by atoms with van der Waals surface area (Å²) in [7, 11) is 0. The lowest BCUT2D eigenvalue weighted by Crippen LogP contribution is -2.10. The van der Waals surface area contributed by atoms with Crippen LogP contribution in [-0.2, 0) is 5.41 Å². The van der Waals surface area contributed by atoms with Gasteiger partial charge in [-0.1, -0.05) is 32.9 Å². The Balaban J connectivity index is 2.70. The summed E-state index contributed by atoms with van der Waals surface area (Å²) in [5, 5.41) is 9.71. The quantitative estimate of drug-likeness (QED) is 0.712. The summed E-state index contributed by atoms with van der Waals surface area (Å²) >= 11 is 0. The zero-order valence-corrected chi connectivity index (χ0v) is 9.28. The lowest BCUT2D eigenvalue weighted by Gasteiger charge is -2.19. The summed E-state index contributed by atoms with van der Waals surface area (Å²) < 4.78 is 0. The molecular formula is C12H15N3. The van der Waals surface area contributed by atoms with E-state index < -0.39 is 0 Å². The molecule has 0 aliphatic carbocycles. The molecule has 0 aliphatic rings. The molecule has 0 radical (unpaired) electrons. The summed E-state index contributed by atoms with van der Waals surface area (Å²) in [5.41, 5.74) is 7.18. The molecule has 3 nitrogen and oxygen atoms in total. The highest BCUT2D eigenvalue weighted by Crippen LogP contribution is 2.27. The van der Waals surface area contributed by atoms with Crippen LogP contribution in [-0.4, -0.2) is 10.2 Å². The fraction of sp³-hybridized carbons (Fsp3) is 0.333. The lowest BCUT2D eigenvalue weighted by molar-refractivity contribution is 0.591. The van der Waals surface area contributed by atoms with Crippen molar-refractivity contribution < 1.29 is 0 Å². The molecule has 0 saturated heterocycles. The second-order valence-corrected chi connectivity index (χ2v) is 4.78. The van der Waals surface area contributed by atoms with Crippen molar-refractivity contribution in [3.63, 3.8) is 0 Å². The lowest BCUT2D eigenvalue weighted by atomic mass is 9.86. The number of aromatic nitrogens is 2. The van der Waals surface area contributed by atoms with Crippen LogP contribution < -0.4 is 5.73 Å². The molecule has 0 amide bonds. The van der Waals surface area contributed by atoms with Crippen molar-refractivity contribution in [2.75, 3.05) is 5.73 Å². The summed E-state index contributed by atoms with van der Waals surface area (Å²) in [4.78, 5) is 0. The number of benzene rings is 1. The van der Waals surface area contributed by atoms with E-state index in [0.717, 1.165) is 10.8 Å². The fourth-order valence-electron chi connectivity index (χ4n) is 1.56. The smallest absolute Gasteiger partial charge is 0.153 e. The molecule has 78 valence electrons. The van der Waals surface area contributed by atoms with Gasteiger partial charge in [0.1, 0.15) is 0 Å². The van der Waals surface area contributed by atoms with Crippen LogP contribution >= 0.6 is 0 Å². The van der Waals surface area contributed by atoms with Gasteiger partial charge in [-0.05, 0) is 17.0 Å². The first-order valence-electron chi connectivity index (χ1n) is 5.00. The summed E-state index contributed by atoms with van der Waals surface area (Å²) in [6, 6.07) is 6.25. The van der Waals surface area contributed by atoms with Crippen molar-refractivity contribution in [3.8, 4) is 0 Å². The molecule has 1 heterocycles. The average Bonchev–Trinajstić information content (AvgIpc) is 2.16. The van der Waals surface area contributed by atoms with Crippen molar-refractivity contribution in [1.29, 1.82) is 0 Å². The molecule has 2 N–H and O–H groups in total. The Labute approximate surface area is 89.3 Å². The number of nitrogens with zero attached hydrogens (tertiary/aromatic N) is 2. The van der Waals surface area contributed by atoms with E-state index in [1.54, 1.807) is 6.20 Å². The molecule has 2 rings (SSSR count). The molecule has 0 spiro atoms. The highest BCUT2D eigenvalue weighted by atomic mass is 15.1. The van der Waals surface area contributed by atoms with Gasteiger partial charge in [0, 0.05) is 10.8 Å². The molecule has 0 fully saturated rings. The first-order chi connectivity index (χ1) is 6.98. The minimum Gasteiger partial charge on any atom is -0.382 e. The standard InChI is InChI=1S/C12H15N3/c1-12(2,3)9-5-4-8-7-14-15-11(13)10(8)6-9/h4-7H,1-3H3,(H2,13,15). The van der Waals surface area contributed by atoms with Gasteiger partial charge in [-0.2, -0.15) is 5.10 Å². The molecule has 1 aromatic heterocycles. The fourth-order valence-corrected chi connectivity index (χ4v) is 1.56. The van der Waals surface area contributed by atoms with Crippen molar-refractivity contribution in [1.82, 2.24) is 10.2 Å². The first kappa shape index (κ1) is 9.90. The maximum Gasteiger partial charge on any atom is 0.153 e. The van der Waals surface area contributed by atoms with Gasteiger partial charge in [0.05, 0.1) is 6.20 Å². The normalized spacial score (nSPS) is 11.9. The summed E-state index contributed by atoms with van der Waals surface area (Å²) in [6.45, 7) is 6.54. The Morgan fingerprint density at radius 3 is 2.60 bits per heavy atom. The van der Waals surface area contributed by atoms with Crippen LogP contribution in [0.2, 0.25) is 0 Å². The number of anilines is 1. The zero-order chi connectivity index (χ0) is 11.1. The molecule has 2 aromatic rings. The maximum atomic E-state index is 5.79. The SMILES string of the molecule is CC(C)(C)c1ccc2cnnc(N)c2c1. The highest BCUT2D eigenvalue weighted by Gasteiger charge is 2.14. The third-order valence-corrected chi connectivity index (χ3v) is 2.56. The maximum absolute atomic E-state index is 5.79. The molecular weight excluding hydrogens is 186 g/mol. The van der Waals surface area contributed by atoms with E-state index in [2.05, 4.69) is 43.1 Å². The van der Waals surface area contributed by atoms with Crippen molar-refractivity contribution in [2.45, 2.75) is 26.2 Å². The summed E-state index contributed by atoms with van der Waals surface area (Å²) in [6.07, 6.45) is 1.73. The second kappa shape index (κ2) is 3.19. The predicted molar refractivity (Wildman–Crippen MR) is 62.7 cm³/mol. The van der Waals surface area contributed by atoms with E-state index >= 15 is 0 Å². The van der Waals surface area contributed by atoms with E-state index in [-0.39, 0.29) is 5.41 Å². The van der Waals surface area contributed by atoms with E-state index in [1.165, 1.54) is 5.56 Å². The van der Waals surface area contributed by atoms with E-state index in [4.69, 9.17) is 5.73 Å². The van der Waals surface area contributed by atoms with Crippen molar-refractivity contribution in [3.05, 3.63) is 30.0 Å². The van der Waals surface area contributed by atoms with Gasteiger partial charge in [-0.25, -0.2) is 0 Å². The molecule has 0 bridgehead atoms. The monoisotopic (exact) mass is 201 g/mol. The van der Waals surface area contributed by atoms with Crippen LogP contribution in [0.25, 0.3) is 10.8 Å². The van der Waals surface area contributed by atoms with Crippen LogP contribution in [0.15, 0.2) is 24.4 Å². The minimum absolute atomic E-state index is 0.129. The first-order valence-corrected chi connectivity index (χ1v) is 5.00. The Morgan fingerprint density at radius 1 is 1.20 bits per heavy atom. The van der Waals surface area contributed by atoms with Crippen LogP contribution in [0, 0.1) is 0 Å². The van der Waals surface area contributed by atoms with Crippen molar-refractivity contribution >= 4 is 16.6 Å². The molecule has 0 atom stereocenters. The van der Waals surface area contributed by atoms with Gasteiger partial charge in [-0.3, -0.25) is 0 Å². The number of nitrogens with two attached hydrogens (primary N) is 1. The van der Waals surface area contributed by atoms with Gasteiger partial charge < -0.3 is 5.73 Å². The Bertz CT molecular complexity index is 498. The van der Waals surface area contributed by atoms with Crippen LogP contribution in [0.1, 0.15) is 26.3 Å². The predicted octanol–water partition coefficient (Wildman–Crippen LogP) is 2.51. The van der Waals surface area contributed by atoms with Crippen LogP contribution in [0.5, 0.6) is 0 Å². The topological polar surface area (TPSA) is 51.8 Å².